The third-order valence-corrected chi connectivity index (χ3v) is 4.45. The van der Waals surface area contributed by atoms with E-state index in [1.54, 1.807) is 0 Å². The average molecular weight is 264 g/mol. The first-order valence-corrected chi connectivity index (χ1v) is 7.05. The zero-order valence-corrected chi connectivity index (χ0v) is 11.1. The molecule has 0 aromatic heterocycles. The summed E-state index contributed by atoms with van der Waals surface area (Å²) in [5, 5.41) is 24.9. The fraction of sp³-hybridized carbons (Fsp3) is 0.222. The van der Waals surface area contributed by atoms with E-state index in [0.29, 0.717) is 6.42 Å². The molecule has 0 fully saturated rings. The second-order valence-electron chi connectivity index (χ2n) is 5.57. The SMILES string of the molecule is O[C@@H]1c2ccc3c(ccc4ccccc43)c2CC[C@@H]1O. The Labute approximate surface area is 117 Å². The van der Waals surface area contributed by atoms with Gasteiger partial charge in [-0.1, -0.05) is 48.5 Å². The van der Waals surface area contributed by atoms with Crippen LogP contribution in [0, 0.1) is 0 Å². The molecule has 0 saturated heterocycles. The van der Waals surface area contributed by atoms with Crippen molar-refractivity contribution >= 4 is 21.5 Å². The van der Waals surface area contributed by atoms with Crippen molar-refractivity contribution in [1.82, 2.24) is 0 Å². The topological polar surface area (TPSA) is 40.5 Å². The normalized spacial score (nSPS) is 22.1. The van der Waals surface area contributed by atoms with E-state index in [4.69, 9.17) is 0 Å². The molecule has 3 aromatic carbocycles. The van der Waals surface area contributed by atoms with Crippen LogP contribution >= 0.6 is 0 Å². The van der Waals surface area contributed by atoms with E-state index in [0.717, 1.165) is 12.0 Å². The van der Waals surface area contributed by atoms with E-state index in [9.17, 15) is 10.2 Å². The molecule has 1 aliphatic rings. The summed E-state index contributed by atoms with van der Waals surface area (Å²) >= 11 is 0. The van der Waals surface area contributed by atoms with E-state index in [1.165, 1.54) is 27.1 Å². The summed E-state index contributed by atoms with van der Waals surface area (Å²) in [7, 11) is 0. The standard InChI is InChI=1S/C18H16O2/c19-17-10-9-15-14-6-5-11-3-1-2-4-12(11)13(14)7-8-16(15)18(17)20/h1-8,17-20H,9-10H2/t17-,18+/m0/s1. The molecular weight excluding hydrogens is 248 g/mol. The van der Waals surface area contributed by atoms with Crippen LogP contribution in [0.3, 0.4) is 0 Å². The van der Waals surface area contributed by atoms with Gasteiger partial charge in [-0.15, -0.1) is 0 Å². The number of hydrogen-bond acceptors (Lipinski definition) is 2. The highest BCUT2D eigenvalue weighted by Crippen LogP contribution is 2.37. The Hall–Kier alpha value is -1.90. The number of aliphatic hydroxyl groups excluding tert-OH is 2. The Balaban J connectivity index is 2.08. The fourth-order valence-corrected chi connectivity index (χ4v) is 3.38. The molecule has 2 nitrogen and oxygen atoms in total. The van der Waals surface area contributed by atoms with Gasteiger partial charge in [0.1, 0.15) is 6.10 Å². The third-order valence-electron chi connectivity index (χ3n) is 4.45. The predicted molar refractivity (Wildman–Crippen MR) is 80.7 cm³/mol. The van der Waals surface area contributed by atoms with Gasteiger partial charge >= 0.3 is 0 Å². The maximum Gasteiger partial charge on any atom is 0.105 e. The quantitative estimate of drug-likeness (QED) is 0.611. The van der Waals surface area contributed by atoms with E-state index in [-0.39, 0.29) is 0 Å². The van der Waals surface area contributed by atoms with Crippen molar-refractivity contribution in [2.75, 3.05) is 0 Å². The lowest BCUT2D eigenvalue weighted by atomic mass is 9.83. The molecule has 0 unspecified atom stereocenters. The van der Waals surface area contributed by atoms with Crippen LogP contribution in [0.2, 0.25) is 0 Å². The molecule has 0 heterocycles. The Bertz CT molecular complexity index is 807. The summed E-state index contributed by atoms with van der Waals surface area (Å²) in [5.74, 6) is 0. The van der Waals surface area contributed by atoms with Gasteiger partial charge in [-0.05, 0) is 45.5 Å². The summed E-state index contributed by atoms with van der Waals surface area (Å²) in [6, 6.07) is 16.7. The van der Waals surface area contributed by atoms with Gasteiger partial charge in [-0.2, -0.15) is 0 Å². The van der Waals surface area contributed by atoms with Crippen molar-refractivity contribution < 1.29 is 10.2 Å². The van der Waals surface area contributed by atoms with Crippen LogP contribution in [0.4, 0.5) is 0 Å². The molecule has 0 amide bonds. The van der Waals surface area contributed by atoms with Crippen molar-refractivity contribution in [3.05, 3.63) is 59.7 Å². The summed E-state index contributed by atoms with van der Waals surface area (Å²) in [6.07, 6.45) is 0.0543. The minimum Gasteiger partial charge on any atom is -0.390 e. The maximum absolute atomic E-state index is 10.2. The third kappa shape index (κ3) is 1.59. The lowest BCUT2D eigenvalue weighted by Crippen LogP contribution is -2.25. The van der Waals surface area contributed by atoms with E-state index in [2.05, 4.69) is 36.4 Å². The summed E-state index contributed by atoms with van der Waals surface area (Å²) in [6.45, 7) is 0. The predicted octanol–water partition coefficient (Wildman–Crippen LogP) is 3.33. The highest BCUT2D eigenvalue weighted by Gasteiger charge is 2.27. The molecule has 0 radical (unpaired) electrons. The van der Waals surface area contributed by atoms with Crippen LogP contribution in [0.5, 0.6) is 0 Å². The van der Waals surface area contributed by atoms with E-state index in [1.807, 2.05) is 12.1 Å². The van der Waals surface area contributed by atoms with E-state index < -0.39 is 12.2 Å². The van der Waals surface area contributed by atoms with Gasteiger partial charge in [0.15, 0.2) is 0 Å². The minimum absolute atomic E-state index is 0.625. The number of aryl methyl sites for hydroxylation is 1. The fourth-order valence-electron chi connectivity index (χ4n) is 3.38. The first-order chi connectivity index (χ1) is 9.75. The van der Waals surface area contributed by atoms with Gasteiger partial charge in [0.25, 0.3) is 0 Å². The second-order valence-corrected chi connectivity index (χ2v) is 5.57. The lowest BCUT2D eigenvalue weighted by Gasteiger charge is -2.27. The smallest absolute Gasteiger partial charge is 0.105 e. The van der Waals surface area contributed by atoms with Crippen molar-refractivity contribution in [2.24, 2.45) is 0 Å². The van der Waals surface area contributed by atoms with Crippen molar-refractivity contribution in [1.29, 1.82) is 0 Å². The van der Waals surface area contributed by atoms with Gasteiger partial charge in [0, 0.05) is 0 Å². The largest absolute Gasteiger partial charge is 0.390 e. The van der Waals surface area contributed by atoms with Crippen LogP contribution in [-0.2, 0) is 6.42 Å². The molecular formula is C18H16O2. The van der Waals surface area contributed by atoms with Crippen molar-refractivity contribution in [3.63, 3.8) is 0 Å². The molecule has 0 saturated carbocycles. The highest BCUT2D eigenvalue weighted by atomic mass is 16.3. The van der Waals surface area contributed by atoms with Gasteiger partial charge in [0.2, 0.25) is 0 Å². The molecule has 0 aliphatic heterocycles. The molecule has 3 aromatic rings. The van der Waals surface area contributed by atoms with Crippen LogP contribution in [0.25, 0.3) is 21.5 Å². The highest BCUT2D eigenvalue weighted by molar-refractivity contribution is 6.08. The Morgan fingerprint density at radius 1 is 0.800 bits per heavy atom. The zero-order chi connectivity index (χ0) is 13.7. The monoisotopic (exact) mass is 264 g/mol. The Morgan fingerprint density at radius 3 is 2.50 bits per heavy atom. The molecule has 0 spiro atoms. The van der Waals surface area contributed by atoms with Gasteiger partial charge in [-0.25, -0.2) is 0 Å². The molecule has 1 aliphatic carbocycles. The Kier molecular flexibility index (Phi) is 2.56. The minimum atomic E-state index is -0.755. The van der Waals surface area contributed by atoms with Crippen LogP contribution in [-0.4, -0.2) is 16.3 Å². The molecule has 100 valence electrons. The average Bonchev–Trinajstić information content (AvgIpc) is 2.50. The summed E-state index contributed by atoms with van der Waals surface area (Å²) < 4.78 is 0. The first kappa shape index (κ1) is 11.9. The first-order valence-electron chi connectivity index (χ1n) is 7.05. The number of rotatable bonds is 0. The molecule has 4 rings (SSSR count). The number of benzene rings is 3. The molecule has 0 bridgehead atoms. The van der Waals surface area contributed by atoms with E-state index >= 15 is 0 Å². The number of hydrogen-bond donors (Lipinski definition) is 2. The zero-order valence-electron chi connectivity index (χ0n) is 11.1. The molecule has 2 heteroatoms. The van der Waals surface area contributed by atoms with Crippen molar-refractivity contribution in [2.45, 2.75) is 25.0 Å². The second kappa shape index (κ2) is 4.30. The number of fused-ring (bicyclic) bond motifs is 5. The van der Waals surface area contributed by atoms with Crippen molar-refractivity contribution in [3.8, 4) is 0 Å². The number of aliphatic hydroxyl groups is 2. The van der Waals surface area contributed by atoms with Crippen LogP contribution in [0.1, 0.15) is 23.7 Å². The van der Waals surface area contributed by atoms with Gasteiger partial charge < -0.3 is 10.2 Å². The van der Waals surface area contributed by atoms with Gasteiger partial charge in [0.05, 0.1) is 6.10 Å². The summed E-state index contributed by atoms with van der Waals surface area (Å²) in [4.78, 5) is 0. The molecule has 20 heavy (non-hydrogen) atoms. The van der Waals surface area contributed by atoms with Crippen LogP contribution in [0.15, 0.2) is 48.5 Å². The Morgan fingerprint density at radius 2 is 1.60 bits per heavy atom. The summed E-state index contributed by atoms with van der Waals surface area (Å²) in [5.41, 5.74) is 2.07. The molecule has 2 N–H and O–H groups in total. The maximum atomic E-state index is 10.2. The van der Waals surface area contributed by atoms with Crippen LogP contribution < -0.4 is 0 Å². The lowest BCUT2D eigenvalue weighted by molar-refractivity contribution is 0.00676. The molecule has 2 atom stereocenters. The van der Waals surface area contributed by atoms with Gasteiger partial charge in [-0.3, -0.25) is 0 Å².